The predicted octanol–water partition coefficient (Wildman–Crippen LogP) is 7.19. The van der Waals surface area contributed by atoms with Gasteiger partial charge in [-0.25, -0.2) is 4.79 Å². The number of allylic oxidation sites excluding steroid dienone is 4. The first-order valence-corrected chi connectivity index (χ1v) is 14.9. The second kappa shape index (κ2) is 11.4. The lowest BCUT2D eigenvalue weighted by Gasteiger charge is -2.41. The van der Waals surface area contributed by atoms with E-state index in [0.29, 0.717) is 30.4 Å². The van der Waals surface area contributed by atoms with Crippen LogP contribution in [0.25, 0.3) is 0 Å². The van der Waals surface area contributed by atoms with Crippen LogP contribution in [0.3, 0.4) is 0 Å². The fourth-order valence-corrected chi connectivity index (χ4v) is 6.66. The standard InChI is InChI=1S/C33H36BrNO5/c1-17(2)22-12-25-31(27(36)14-22)30(32-26(35-25)13-23(18(3)4)15-28(32)37)21-9-10-29(24(34)11-21)40-16-19-5-7-20(8-6-19)33(38)39/h5-11,17-18,22-23,30,35H,12-16H2,1-4H3,(H,38,39). The quantitative estimate of drug-likeness (QED) is 0.347. The molecule has 2 aromatic carbocycles. The molecule has 7 heteroatoms. The van der Waals surface area contributed by atoms with Gasteiger partial charge in [-0.2, -0.15) is 0 Å². The minimum Gasteiger partial charge on any atom is -0.488 e. The number of carbonyl (C=O) groups is 3. The summed E-state index contributed by atoms with van der Waals surface area (Å²) in [7, 11) is 0. The van der Waals surface area contributed by atoms with E-state index in [1.54, 1.807) is 24.3 Å². The Hall–Kier alpha value is -3.19. The Kier molecular flexibility index (Phi) is 8.05. The summed E-state index contributed by atoms with van der Waals surface area (Å²) in [5.74, 6) is 0.907. The lowest BCUT2D eigenvalue weighted by atomic mass is 9.67. The molecule has 2 N–H and O–H groups in total. The minimum absolute atomic E-state index is 0.129. The largest absolute Gasteiger partial charge is 0.488 e. The SMILES string of the molecule is CC(C)C1CC(=O)C2=C(C1)NC1=C(C(=O)CC(C(C)C)C1)C2c1ccc(OCc2ccc(C(=O)O)cc2)c(Br)c1. The molecule has 1 heterocycles. The molecule has 1 aliphatic heterocycles. The summed E-state index contributed by atoms with van der Waals surface area (Å²) in [6.45, 7) is 8.96. The van der Waals surface area contributed by atoms with Gasteiger partial charge in [-0.1, -0.05) is 45.9 Å². The van der Waals surface area contributed by atoms with Crippen molar-refractivity contribution >= 4 is 33.5 Å². The van der Waals surface area contributed by atoms with Gasteiger partial charge < -0.3 is 15.2 Å². The summed E-state index contributed by atoms with van der Waals surface area (Å²) in [4.78, 5) is 38.4. The van der Waals surface area contributed by atoms with Gasteiger partial charge in [-0.05, 0) is 87.8 Å². The average Bonchev–Trinajstić information content (AvgIpc) is 2.91. The van der Waals surface area contributed by atoms with Crippen molar-refractivity contribution in [3.8, 4) is 5.75 Å². The van der Waals surface area contributed by atoms with Gasteiger partial charge in [0.25, 0.3) is 0 Å². The summed E-state index contributed by atoms with van der Waals surface area (Å²) in [5, 5.41) is 12.7. The molecule has 2 atom stereocenters. The Labute approximate surface area is 244 Å². The normalized spacial score (nSPS) is 22.8. The zero-order valence-corrected chi connectivity index (χ0v) is 25.0. The van der Waals surface area contributed by atoms with Crippen LogP contribution in [0, 0.1) is 23.7 Å². The number of hydrogen-bond donors (Lipinski definition) is 2. The summed E-state index contributed by atoms with van der Waals surface area (Å²) in [6.07, 6.45) is 2.64. The number of Topliss-reactive ketones (excluding diaryl/α,β-unsaturated/α-hetero) is 2. The number of benzene rings is 2. The van der Waals surface area contributed by atoms with E-state index in [1.165, 1.54) is 0 Å². The van der Waals surface area contributed by atoms with Crippen LogP contribution in [-0.4, -0.2) is 22.6 Å². The first-order valence-electron chi connectivity index (χ1n) is 14.1. The van der Waals surface area contributed by atoms with E-state index in [2.05, 4.69) is 48.9 Å². The van der Waals surface area contributed by atoms with Crippen molar-refractivity contribution in [3.63, 3.8) is 0 Å². The molecule has 2 unspecified atom stereocenters. The Balaban J connectivity index is 1.48. The van der Waals surface area contributed by atoms with E-state index in [1.807, 2.05) is 18.2 Å². The second-order valence-corrected chi connectivity index (χ2v) is 12.8. The van der Waals surface area contributed by atoms with E-state index in [4.69, 9.17) is 9.84 Å². The van der Waals surface area contributed by atoms with Crippen molar-refractivity contribution in [1.29, 1.82) is 0 Å². The van der Waals surface area contributed by atoms with Gasteiger partial charge in [-0.3, -0.25) is 9.59 Å². The van der Waals surface area contributed by atoms with Crippen molar-refractivity contribution < 1.29 is 24.2 Å². The lowest BCUT2D eigenvalue weighted by molar-refractivity contribution is -0.118. The minimum atomic E-state index is -0.965. The van der Waals surface area contributed by atoms with E-state index in [-0.39, 0.29) is 41.5 Å². The van der Waals surface area contributed by atoms with E-state index >= 15 is 0 Å². The van der Waals surface area contributed by atoms with Crippen molar-refractivity contribution in [2.75, 3.05) is 0 Å². The number of rotatable bonds is 7. The van der Waals surface area contributed by atoms with Crippen molar-refractivity contribution in [1.82, 2.24) is 5.32 Å². The molecule has 0 saturated heterocycles. The maximum absolute atomic E-state index is 13.7. The maximum atomic E-state index is 13.7. The van der Waals surface area contributed by atoms with E-state index in [9.17, 15) is 14.4 Å². The number of carboxylic acids is 1. The van der Waals surface area contributed by atoms with E-state index in [0.717, 1.165) is 51.0 Å². The first kappa shape index (κ1) is 28.3. The molecule has 0 spiro atoms. The number of nitrogens with one attached hydrogen (secondary N) is 1. The zero-order chi connectivity index (χ0) is 28.7. The third kappa shape index (κ3) is 5.53. The fourth-order valence-electron chi connectivity index (χ4n) is 6.15. The monoisotopic (exact) mass is 605 g/mol. The molecule has 6 nitrogen and oxygen atoms in total. The highest BCUT2D eigenvalue weighted by Crippen LogP contribution is 2.49. The molecule has 2 aromatic rings. The highest BCUT2D eigenvalue weighted by Gasteiger charge is 2.44. The number of ketones is 2. The highest BCUT2D eigenvalue weighted by atomic mass is 79.9. The molecule has 40 heavy (non-hydrogen) atoms. The lowest BCUT2D eigenvalue weighted by Crippen LogP contribution is -2.40. The van der Waals surface area contributed by atoms with Crippen LogP contribution in [0.4, 0.5) is 0 Å². The number of ether oxygens (including phenoxy) is 1. The molecular formula is C33H36BrNO5. The van der Waals surface area contributed by atoms with Gasteiger partial charge in [0.1, 0.15) is 12.4 Å². The second-order valence-electron chi connectivity index (χ2n) is 12.0. The number of aromatic carboxylic acids is 1. The average molecular weight is 607 g/mol. The summed E-state index contributed by atoms with van der Waals surface area (Å²) in [5.41, 5.74) is 5.43. The molecule has 0 amide bonds. The third-order valence-electron chi connectivity index (χ3n) is 8.73. The van der Waals surface area contributed by atoms with Gasteiger partial charge in [0, 0.05) is 41.3 Å². The maximum Gasteiger partial charge on any atom is 0.335 e. The van der Waals surface area contributed by atoms with Crippen LogP contribution >= 0.6 is 15.9 Å². The summed E-state index contributed by atoms with van der Waals surface area (Å²) in [6, 6.07) is 12.4. The number of hydrogen-bond acceptors (Lipinski definition) is 5. The number of carbonyl (C=O) groups excluding carboxylic acids is 2. The van der Waals surface area contributed by atoms with Crippen LogP contribution in [0.5, 0.6) is 5.75 Å². The van der Waals surface area contributed by atoms with Gasteiger partial charge in [0.15, 0.2) is 11.6 Å². The number of halogens is 1. The van der Waals surface area contributed by atoms with Crippen LogP contribution < -0.4 is 10.1 Å². The molecule has 5 rings (SSSR count). The topological polar surface area (TPSA) is 92.7 Å². The molecule has 0 aromatic heterocycles. The number of carboxylic acid groups (broad SMARTS) is 1. The van der Waals surface area contributed by atoms with Crippen molar-refractivity contribution in [2.24, 2.45) is 23.7 Å². The first-order chi connectivity index (χ1) is 19.0. The molecule has 0 bridgehead atoms. The van der Waals surface area contributed by atoms with Crippen LogP contribution in [0.1, 0.15) is 80.8 Å². The smallest absolute Gasteiger partial charge is 0.335 e. The third-order valence-corrected chi connectivity index (χ3v) is 9.35. The molecule has 0 fully saturated rings. The molecule has 3 aliphatic rings. The highest BCUT2D eigenvalue weighted by molar-refractivity contribution is 9.10. The Morgan fingerprint density at radius 3 is 1.93 bits per heavy atom. The zero-order valence-electron chi connectivity index (χ0n) is 23.4. The van der Waals surface area contributed by atoms with Gasteiger partial charge in [-0.15, -0.1) is 0 Å². The Bertz CT molecular complexity index is 1370. The van der Waals surface area contributed by atoms with E-state index < -0.39 is 5.97 Å². The molecule has 0 radical (unpaired) electrons. The molecule has 0 saturated carbocycles. The molecule has 210 valence electrons. The van der Waals surface area contributed by atoms with Crippen LogP contribution in [0.15, 0.2) is 69.5 Å². The summed E-state index contributed by atoms with van der Waals surface area (Å²) < 4.78 is 6.77. The fraction of sp³-hybridized carbons (Fsp3) is 0.424. The van der Waals surface area contributed by atoms with Crippen LogP contribution in [-0.2, 0) is 16.2 Å². The number of dihydropyridines is 1. The van der Waals surface area contributed by atoms with Gasteiger partial charge >= 0.3 is 5.97 Å². The molecular weight excluding hydrogens is 570 g/mol. The van der Waals surface area contributed by atoms with Crippen molar-refractivity contribution in [3.05, 3.63) is 86.2 Å². The van der Waals surface area contributed by atoms with Crippen LogP contribution in [0.2, 0.25) is 0 Å². The van der Waals surface area contributed by atoms with Gasteiger partial charge in [0.05, 0.1) is 10.0 Å². The Morgan fingerprint density at radius 2 is 1.45 bits per heavy atom. The van der Waals surface area contributed by atoms with Gasteiger partial charge in [0.2, 0.25) is 0 Å². The van der Waals surface area contributed by atoms with Crippen molar-refractivity contribution in [2.45, 2.75) is 65.9 Å². The predicted molar refractivity (Wildman–Crippen MR) is 157 cm³/mol. The Morgan fingerprint density at radius 1 is 0.900 bits per heavy atom. The molecule has 2 aliphatic carbocycles. The summed E-state index contributed by atoms with van der Waals surface area (Å²) >= 11 is 3.66.